The van der Waals surface area contributed by atoms with Gasteiger partial charge < -0.3 is 20.1 Å². The number of hydrogen-bond donors (Lipinski definition) is 2. The largest absolute Gasteiger partial charge is 0.493 e. The summed E-state index contributed by atoms with van der Waals surface area (Å²) in [6, 6.07) is 8.36. The minimum atomic E-state index is -0.394. The Hall–Kier alpha value is -1.51. The molecule has 0 fully saturated rings. The molecular formula is C22H36IN3O3. The van der Waals surface area contributed by atoms with E-state index in [0.717, 1.165) is 50.4 Å². The lowest BCUT2D eigenvalue weighted by molar-refractivity contribution is -0.154. The Morgan fingerprint density at radius 2 is 1.93 bits per heavy atom. The van der Waals surface area contributed by atoms with Crippen LogP contribution in [0.15, 0.2) is 29.3 Å². The molecule has 1 aromatic carbocycles. The van der Waals surface area contributed by atoms with Gasteiger partial charge >= 0.3 is 5.97 Å². The first kappa shape index (κ1) is 25.5. The molecule has 0 spiro atoms. The molecule has 2 rings (SSSR count). The van der Waals surface area contributed by atoms with Gasteiger partial charge in [-0.25, -0.2) is 0 Å². The van der Waals surface area contributed by atoms with Crippen LogP contribution in [0, 0.1) is 0 Å². The number of halogens is 1. The number of rotatable bonds is 8. The van der Waals surface area contributed by atoms with Crippen molar-refractivity contribution < 1.29 is 14.3 Å². The van der Waals surface area contributed by atoms with Gasteiger partial charge in [0, 0.05) is 32.0 Å². The molecule has 0 radical (unpaired) electrons. The van der Waals surface area contributed by atoms with Crippen LogP contribution in [0.4, 0.5) is 0 Å². The van der Waals surface area contributed by atoms with Crippen LogP contribution in [0.25, 0.3) is 0 Å². The normalized spacial score (nSPS) is 16.1. The van der Waals surface area contributed by atoms with Crippen molar-refractivity contribution in [3.05, 3.63) is 29.8 Å². The number of nitrogens with zero attached hydrogens (tertiary/aromatic N) is 1. The number of carbonyl (C=O) groups is 1. The molecule has 1 aliphatic rings. The van der Waals surface area contributed by atoms with Crippen LogP contribution in [0.5, 0.6) is 5.75 Å². The van der Waals surface area contributed by atoms with Gasteiger partial charge in [0.05, 0.1) is 12.6 Å². The Morgan fingerprint density at radius 1 is 1.21 bits per heavy atom. The highest BCUT2D eigenvalue weighted by Crippen LogP contribution is 2.31. The van der Waals surface area contributed by atoms with E-state index in [2.05, 4.69) is 21.7 Å². The number of nitrogens with one attached hydrogen (secondary N) is 2. The molecule has 164 valence electrons. The highest BCUT2D eigenvalue weighted by molar-refractivity contribution is 14.0. The van der Waals surface area contributed by atoms with Crippen molar-refractivity contribution in [3.63, 3.8) is 0 Å². The van der Waals surface area contributed by atoms with Gasteiger partial charge in [0.2, 0.25) is 0 Å². The zero-order valence-electron chi connectivity index (χ0n) is 18.1. The maximum Gasteiger partial charge on any atom is 0.306 e. The molecular weight excluding hydrogens is 481 g/mol. The van der Waals surface area contributed by atoms with E-state index in [1.54, 1.807) is 7.05 Å². The number of hydrogen-bond acceptors (Lipinski definition) is 4. The molecule has 1 aliphatic heterocycles. The topological polar surface area (TPSA) is 72.0 Å². The van der Waals surface area contributed by atoms with Gasteiger partial charge in [-0.05, 0) is 39.7 Å². The number of guanidine groups is 1. The Kier molecular flexibility index (Phi) is 11.4. The molecule has 0 saturated carbocycles. The van der Waals surface area contributed by atoms with Crippen molar-refractivity contribution in [2.45, 2.75) is 70.9 Å². The highest BCUT2D eigenvalue weighted by atomic mass is 127. The average Bonchev–Trinajstić information content (AvgIpc) is 2.65. The molecule has 0 bridgehead atoms. The summed E-state index contributed by atoms with van der Waals surface area (Å²) < 4.78 is 11.0. The van der Waals surface area contributed by atoms with E-state index >= 15 is 0 Å². The third-order valence-corrected chi connectivity index (χ3v) is 4.51. The molecule has 29 heavy (non-hydrogen) atoms. The van der Waals surface area contributed by atoms with Crippen molar-refractivity contribution in [1.82, 2.24) is 10.6 Å². The predicted molar refractivity (Wildman–Crippen MR) is 128 cm³/mol. The predicted octanol–water partition coefficient (Wildman–Crippen LogP) is 4.59. The number of ether oxygens (including phenoxy) is 2. The summed E-state index contributed by atoms with van der Waals surface area (Å²) in [4.78, 5) is 16.0. The Balaban J connectivity index is 0.00000420. The van der Waals surface area contributed by atoms with E-state index < -0.39 is 5.60 Å². The molecule has 6 nitrogen and oxygen atoms in total. The van der Waals surface area contributed by atoms with Crippen molar-refractivity contribution in [2.24, 2.45) is 4.99 Å². The molecule has 0 aromatic heterocycles. The SMILES string of the molecule is CN=C(NCCCCCCC(=O)OC(C)(C)C)NC1CCOc2ccccc21.I. The van der Waals surface area contributed by atoms with Gasteiger partial charge in [0.1, 0.15) is 11.4 Å². The van der Waals surface area contributed by atoms with E-state index in [-0.39, 0.29) is 36.0 Å². The van der Waals surface area contributed by atoms with E-state index in [9.17, 15) is 4.79 Å². The first-order valence-electron chi connectivity index (χ1n) is 10.3. The molecule has 0 amide bonds. The van der Waals surface area contributed by atoms with Gasteiger partial charge in [-0.2, -0.15) is 0 Å². The minimum absolute atomic E-state index is 0. The van der Waals surface area contributed by atoms with Gasteiger partial charge in [-0.15, -0.1) is 24.0 Å². The zero-order chi connectivity index (χ0) is 20.4. The standard InChI is InChI=1S/C22H35N3O3.HI/c1-22(2,3)28-20(26)13-7-5-6-10-15-24-21(23-4)25-18-14-16-27-19-12-9-8-11-17(18)19;/h8-9,11-12,18H,5-7,10,13-16H2,1-4H3,(H2,23,24,25);1H. The average molecular weight is 517 g/mol. The second-order valence-corrected chi connectivity index (χ2v) is 8.12. The molecule has 1 aromatic rings. The van der Waals surface area contributed by atoms with Crippen molar-refractivity contribution in [1.29, 1.82) is 0 Å². The minimum Gasteiger partial charge on any atom is -0.493 e. The molecule has 1 unspecified atom stereocenters. The number of aliphatic imine (C=N–C) groups is 1. The summed E-state index contributed by atoms with van der Waals surface area (Å²) in [5.41, 5.74) is 0.785. The number of benzene rings is 1. The number of unbranched alkanes of at least 4 members (excludes halogenated alkanes) is 3. The smallest absolute Gasteiger partial charge is 0.306 e. The maximum absolute atomic E-state index is 11.7. The van der Waals surface area contributed by atoms with Crippen molar-refractivity contribution in [2.75, 3.05) is 20.2 Å². The summed E-state index contributed by atoms with van der Waals surface area (Å²) in [6.07, 6.45) is 5.44. The molecule has 1 atom stereocenters. The van der Waals surface area contributed by atoms with Crippen LogP contribution in [-0.4, -0.2) is 37.7 Å². The second-order valence-electron chi connectivity index (χ2n) is 8.12. The fourth-order valence-electron chi connectivity index (χ4n) is 3.20. The van der Waals surface area contributed by atoms with E-state index in [4.69, 9.17) is 9.47 Å². The Bertz CT molecular complexity index is 659. The van der Waals surface area contributed by atoms with Gasteiger partial charge in [0.25, 0.3) is 0 Å². The van der Waals surface area contributed by atoms with Crippen LogP contribution >= 0.6 is 24.0 Å². The molecule has 2 N–H and O–H groups in total. The lowest BCUT2D eigenvalue weighted by Crippen LogP contribution is -2.41. The summed E-state index contributed by atoms with van der Waals surface area (Å²) in [6.45, 7) is 7.27. The van der Waals surface area contributed by atoms with Crippen LogP contribution < -0.4 is 15.4 Å². The summed E-state index contributed by atoms with van der Waals surface area (Å²) in [7, 11) is 1.79. The van der Waals surface area contributed by atoms with E-state index in [1.807, 2.05) is 39.0 Å². The molecule has 7 heteroatoms. The van der Waals surface area contributed by atoms with Crippen molar-refractivity contribution >= 4 is 35.9 Å². The van der Waals surface area contributed by atoms with Crippen LogP contribution in [0.2, 0.25) is 0 Å². The van der Waals surface area contributed by atoms with Crippen LogP contribution in [-0.2, 0) is 9.53 Å². The van der Waals surface area contributed by atoms with Crippen LogP contribution in [0.3, 0.4) is 0 Å². The number of carbonyl (C=O) groups excluding carboxylic acids is 1. The maximum atomic E-state index is 11.7. The molecule has 0 aliphatic carbocycles. The van der Waals surface area contributed by atoms with E-state index in [1.165, 1.54) is 5.56 Å². The summed E-state index contributed by atoms with van der Waals surface area (Å²) in [5.74, 6) is 1.66. The third-order valence-electron chi connectivity index (χ3n) is 4.51. The first-order valence-corrected chi connectivity index (χ1v) is 10.3. The first-order chi connectivity index (χ1) is 13.4. The zero-order valence-corrected chi connectivity index (χ0v) is 20.5. The lowest BCUT2D eigenvalue weighted by atomic mass is 10.0. The second kappa shape index (κ2) is 12.9. The number of para-hydroxylation sites is 1. The quantitative estimate of drug-likeness (QED) is 0.174. The van der Waals surface area contributed by atoms with Crippen molar-refractivity contribution in [3.8, 4) is 5.75 Å². The Labute approximate surface area is 192 Å². The Morgan fingerprint density at radius 3 is 2.66 bits per heavy atom. The van der Waals surface area contributed by atoms with Gasteiger partial charge in [-0.3, -0.25) is 9.79 Å². The monoisotopic (exact) mass is 517 g/mol. The summed E-state index contributed by atoms with van der Waals surface area (Å²) in [5, 5.41) is 6.88. The van der Waals surface area contributed by atoms with Gasteiger partial charge in [0.15, 0.2) is 5.96 Å². The van der Waals surface area contributed by atoms with E-state index in [0.29, 0.717) is 13.0 Å². The highest BCUT2D eigenvalue weighted by Gasteiger charge is 2.21. The summed E-state index contributed by atoms with van der Waals surface area (Å²) >= 11 is 0. The number of fused-ring (bicyclic) bond motifs is 1. The molecule has 0 saturated heterocycles. The van der Waals surface area contributed by atoms with Gasteiger partial charge in [-0.1, -0.05) is 31.0 Å². The number of esters is 1. The molecule has 1 heterocycles. The fraction of sp³-hybridized carbons (Fsp3) is 0.636. The lowest BCUT2D eigenvalue weighted by Gasteiger charge is -2.28. The fourth-order valence-corrected chi connectivity index (χ4v) is 3.20. The van der Waals surface area contributed by atoms with Crippen LogP contribution in [0.1, 0.15) is 70.9 Å². The third kappa shape index (κ3) is 9.69.